The number of aliphatic hydroxyl groups is 5. The van der Waals surface area contributed by atoms with Crippen molar-refractivity contribution in [2.24, 2.45) is 0 Å². The molecule has 7 atom stereocenters. The summed E-state index contributed by atoms with van der Waals surface area (Å²) < 4.78 is 11.3. The average molecular weight is 1040 g/mol. The molecule has 6 N–H and O–H groups in total. The lowest BCUT2D eigenvalue weighted by Gasteiger charge is -2.40. The molecule has 1 amide bonds. The third-order valence-corrected chi connectivity index (χ3v) is 16.2. The predicted octanol–water partition coefficient (Wildman–Crippen LogP) is 17.0. The van der Waals surface area contributed by atoms with Crippen molar-refractivity contribution in [1.82, 2.24) is 5.32 Å². The lowest BCUT2D eigenvalue weighted by atomic mass is 9.99. The van der Waals surface area contributed by atoms with E-state index in [1.807, 2.05) is 0 Å². The minimum absolute atomic E-state index is 0.131. The van der Waals surface area contributed by atoms with Crippen molar-refractivity contribution in [2.75, 3.05) is 13.2 Å². The molecule has 0 radical (unpaired) electrons. The Bertz CT molecular complexity index is 1110. The molecule has 1 rings (SSSR count). The molecular weight excluding hydrogens is 911 g/mol. The summed E-state index contributed by atoms with van der Waals surface area (Å²) in [5, 5.41) is 54.7. The molecule has 0 aromatic carbocycles. The fourth-order valence-corrected chi connectivity index (χ4v) is 11.0. The van der Waals surface area contributed by atoms with E-state index in [1.165, 1.54) is 283 Å². The highest BCUT2D eigenvalue weighted by Crippen LogP contribution is 2.24. The van der Waals surface area contributed by atoms with Crippen molar-refractivity contribution in [3.05, 3.63) is 0 Å². The normalized spacial score (nSPS) is 18.9. The van der Waals surface area contributed by atoms with Crippen LogP contribution in [0.5, 0.6) is 0 Å². The van der Waals surface area contributed by atoms with Gasteiger partial charge in [0.25, 0.3) is 0 Å². The molecule has 7 unspecified atom stereocenters. The minimum atomic E-state index is -1.55. The number of carbonyl (C=O) groups is 1. The van der Waals surface area contributed by atoms with Crippen molar-refractivity contribution < 1.29 is 39.8 Å². The maximum atomic E-state index is 13.1. The first-order valence-electron chi connectivity index (χ1n) is 32.7. The van der Waals surface area contributed by atoms with Crippen LogP contribution >= 0.6 is 0 Å². The number of unbranched alkanes of at least 4 members (excludes halogenated alkanes) is 48. The Morgan fingerprint density at radius 3 is 0.973 bits per heavy atom. The summed E-state index contributed by atoms with van der Waals surface area (Å²) in [6, 6.07) is -0.713. The molecule has 436 valence electrons. The van der Waals surface area contributed by atoms with E-state index in [-0.39, 0.29) is 12.5 Å². The smallest absolute Gasteiger partial charge is 0.220 e. The number of carbonyl (C=O) groups excluding carboxylic acids is 1. The summed E-state index contributed by atoms with van der Waals surface area (Å²) in [4.78, 5) is 13.1. The lowest BCUT2D eigenvalue weighted by Crippen LogP contribution is -2.60. The van der Waals surface area contributed by atoms with E-state index in [4.69, 9.17) is 9.47 Å². The van der Waals surface area contributed by atoms with Crippen LogP contribution in [0.15, 0.2) is 0 Å². The Hall–Kier alpha value is -0.810. The number of aliphatic hydroxyl groups excluding tert-OH is 5. The van der Waals surface area contributed by atoms with Crippen molar-refractivity contribution in [1.29, 1.82) is 0 Å². The highest BCUT2D eigenvalue weighted by molar-refractivity contribution is 5.76. The molecule has 9 nitrogen and oxygen atoms in total. The Morgan fingerprint density at radius 1 is 0.411 bits per heavy atom. The number of hydrogen-bond donors (Lipinski definition) is 6. The topological polar surface area (TPSA) is 149 Å². The Balaban J connectivity index is 2.02. The molecule has 0 saturated carbocycles. The van der Waals surface area contributed by atoms with Gasteiger partial charge in [0.1, 0.15) is 24.4 Å². The van der Waals surface area contributed by atoms with E-state index in [1.54, 1.807) is 0 Å². The molecular formula is C64H127NO8. The van der Waals surface area contributed by atoms with Gasteiger partial charge in [-0.1, -0.05) is 328 Å². The van der Waals surface area contributed by atoms with Gasteiger partial charge in [-0.3, -0.25) is 4.79 Å². The van der Waals surface area contributed by atoms with Crippen LogP contribution in [0, 0.1) is 0 Å². The van der Waals surface area contributed by atoms with Crippen LogP contribution in [0.3, 0.4) is 0 Å². The minimum Gasteiger partial charge on any atom is -0.394 e. The molecule has 1 aliphatic heterocycles. The Morgan fingerprint density at radius 2 is 0.685 bits per heavy atom. The number of hydrogen-bond acceptors (Lipinski definition) is 8. The average Bonchev–Trinajstić information content (AvgIpc) is 3.39. The SMILES string of the molecule is CCCCCCCCCCCCCCCCCCCCCCCCCCCCCCCCCCCCCCC(=O)NC(COC1OC(CO)C(O)C(O)C1O)C(O)CCCCCCCCCCCCCCCC. The third kappa shape index (κ3) is 43.8. The maximum Gasteiger partial charge on any atom is 0.220 e. The summed E-state index contributed by atoms with van der Waals surface area (Å²) in [6.45, 7) is 3.88. The van der Waals surface area contributed by atoms with E-state index >= 15 is 0 Å². The second-order valence-corrected chi connectivity index (χ2v) is 23.3. The zero-order chi connectivity index (χ0) is 52.9. The van der Waals surface area contributed by atoms with E-state index in [2.05, 4.69) is 19.2 Å². The van der Waals surface area contributed by atoms with Gasteiger partial charge in [-0.15, -0.1) is 0 Å². The number of rotatable bonds is 58. The van der Waals surface area contributed by atoms with Gasteiger partial charge in [-0.2, -0.15) is 0 Å². The van der Waals surface area contributed by atoms with E-state index in [0.29, 0.717) is 12.8 Å². The van der Waals surface area contributed by atoms with Crippen LogP contribution in [0.2, 0.25) is 0 Å². The van der Waals surface area contributed by atoms with E-state index < -0.39 is 49.5 Å². The highest BCUT2D eigenvalue weighted by Gasteiger charge is 2.44. The molecule has 0 aromatic rings. The number of amides is 1. The Labute approximate surface area is 453 Å². The van der Waals surface area contributed by atoms with Crippen LogP contribution in [0.4, 0.5) is 0 Å². The quantitative estimate of drug-likeness (QED) is 0.0330. The second kappa shape index (κ2) is 54.5. The van der Waals surface area contributed by atoms with Gasteiger partial charge in [0.15, 0.2) is 6.29 Å². The molecule has 1 aliphatic rings. The maximum absolute atomic E-state index is 13.1. The Kier molecular flexibility index (Phi) is 52.5. The first-order chi connectivity index (χ1) is 35.8. The summed E-state index contributed by atoms with van der Waals surface area (Å²) in [5.74, 6) is -0.136. The monoisotopic (exact) mass is 1040 g/mol. The summed E-state index contributed by atoms with van der Waals surface area (Å²) in [7, 11) is 0. The van der Waals surface area contributed by atoms with Crippen LogP contribution < -0.4 is 5.32 Å². The first kappa shape index (κ1) is 70.2. The van der Waals surface area contributed by atoms with Gasteiger partial charge in [0.2, 0.25) is 5.91 Å². The van der Waals surface area contributed by atoms with Gasteiger partial charge in [-0.25, -0.2) is 0 Å². The summed E-state index contributed by atoms with van der Waals surface area (Å²) in [6.07, 6.45) is 60.4. The number of ether oxygens (including phenoxy) is 2. The summed E-state index contributed by atoms with van der Waals surface area (Å²) in [5.41, 5.74) is 0. The molecule has 1 fully saturated rings. The molecule has 1 saturated heterocycles. The molecule has 73 heavy (non-hydrogen) atoms. The first-order valence-corrected chi connectivity index (χ1v) is 32.7. The lowest BCUT2D eigenvalue weighted by molar-refractivity contribution is -0.302. The third-order valence-electron chi connectivity index (χ3n) is 16.2. The van der Waals surface area contributed by atoms with E-state index in [9.17, 15) is 30.3 Å². The van der Waals surface area contributed by atoms with Crippen LogP contribution in [-0.4, -0.2) is 87.5 Å². The van der Waals surface area contributed by atoms with Crippen molar-refractivity contribution >= 4 is 5.91 Å². The zero-order valence-electron chi connectivity index (χ0n) is 48.7. The number of nitrogens with one attached hydrogen (secondary N) is 1. The standard InChI is InChI=1S/C64H127NO8/c1-3-5-7-9-11-13-15-17-19-20-21-22-23-24-25-26-27-28-29-30-31-32-33-34-35-36-37-38-39-40-42-44-46-48-50-52-54-60(68)65-57(56-72-64-63(71)62(70)61(69)59(55-66)73-64)58(67)53-51-49-47-45-43-41-18-16-14-12-10-8-6-4-2/h57-59,61-64,66-67,69-71H,3-56H2,1-2H3,(H,65,68). The molecule has 1 heterocycles. The fourth-order valence-electron chi connectivity index (χ4n) is 11.0. The van der Waals surface area contributed by atoms with Crippen LogP contribution in [0.1, 0.15) is 348 Å². The van der Waals surface area contributed by atoms with Crippen LogP contribution in [0.25, 0.3) is 0 Å². The van der Waals surface area contributed by atoms with Gasteiger partial charge < -0.3 is 40.3 Å². The van der Waals surface area contributed by atoms with Crippen molar-refractivity contribution in [3.8, 4) is 0 Å². The largest absolute Gasteiger partial charge is 0.394 e. The van der Waals surface area contributed by atoms with Crippen LogP contribution in [-0.2, 0) is 14.3 Å². The van der Waals surface area contributed by atoms with Gasteiger partial charge in [0, 0.05) is 6.42 Å². The van der Waals surface area contributed by atoms with Gasteiger partial charge in [0.05, 0.1) is 25.4 Å². The summed E-state index contributed by atoms with van der Waals surface area (Å²) >= 11 is 0. The van der Waals surface area contributed by atoms with Crippen molar-refractivity contribution in [3.63, 3.8) is 0 Å². The molecule has 0 spiro atoms. The molecule has 9 heteroatoms. The van der Waals surface area contributed by atoms with Gasteiger partial charge in [-0.05, 0) is 12.8 Å². The molecule has 0 bridgehead atoms. The predicted molar refractivity (Wildman–Crippen MR) is 309 cm³/mol. The van der Waals surface area contributed by atoms with E-state index in [0.717, 1.165) is 38.5 Å². The van der Waals surface area contributed by atoms with Gasteiger partial charge >= 0.3 is 0 Å². The molecule has 0 aromatic heterocycles. The fraction of sp³-hybridized carbons (Fsp3) is 0.984. The highest BCUT2D eigenvalue weighted by atomic mass is 16.7. The zero-order valence-corrected chi connectivity index (χ0v) is 48.7. The van der Waals surface area contributed by atoms with Crippen molar-refractivity contribution in [2.45, 2.75) is 391 Å². The molecule has 0 aliphatic carbocycles. The second-order valence-electron chi connectivity index (χ2n) is 23.3.